The Morgan fingerprint density at radius 2 is 1.88 bits per heavy atom. The molecule has 1 aromatic rings. The average molecular weight is 237 g/mol. The second-order valence-electron chi connectivity index (χ2n) is 3.92. The maximum absolute atomic E-state index is 11.2. The van der Waals surface area contributed by atoms with E-state index in [-0.39, 0.29) is 5.97 Å². The van der Waals surface area contributed by atoms with E-state index in [0.29, 0.717) is 5.56 Å². The molecule has 94 valence electrons. The van der Waals surface area contributed by atoms with Crippen molar-refractivity contribution in [1.29, 1.82) is 0 Å². The average Bonchev–Trinajstić information content (AvgIpc) is 2.36. The molecule has 4 nitrogen and oxygen atoms in total. The summed E-state index contributed by atoms with van der Waals surface area (Å²) in [6.45, 7) is 2.44. The highest BCUT2D eigenvalue weighted by atomic mass is 16.5. The minimum Gasteiger partial charge on any atom is -0.465 e. The molecule has 1 rings (SSSR count). The van der Waals surface area contributed by atoms with Crippen LogP contribution in [0.4, 0.5) is 0 Å². The van der Waals surface area contributed by atoms with Crippen molar-refractivity contribution < 1.29 is 14.3 Å². The van der Waals surface area contributed by atoms with Gasteiger partial charge in [0.05, 0.1) is 19.3 Å². The van der Waals surface area contributed by atoms with E-state index >= 15 is 0 Å². The SMILES string of the molecule is COCCN(C)Cc1ccc(C(=O)OC)cc1. The molecule has 0 amide bonds. The first-order valence-corrected chi connectivity index (χ1v) is 5.52. The zero-order valence-corrected chi connectivity index (χ0v) is 10.6. The van der Waals surface area contributed by atoms with Gasteiger partial charge in [-0.2, -0.15) is 0 Å². The summed E-state index contributed by atoms with van der Waals surface area (Å²) in [6, 6.07) is 7.45. The van der Waals surface area contributed by atoms with Crippen LogP contribution in [0.3, 0.4) is 0 Å². The van der Waals surface area contributed by atoms with Gasteiger partial charge in [-0.3, -0.25) is 4.90 Å². The van der Waals surface area contributed by atoms with Crippen molar-refractivity contribution in [2.75, 3.05) is 34.4 Å². The third-order valence-corrected chi connectivity index (χ3v) is 2.50. The second kappa shape index (κ2) is 7.04. The number of carbonyl (C=O) groups excluding carboxylic acids is 1. The number of benzene rings is 1. The molecule has 0 aliphatic rings. The third-order valence-electron chi connectivity index (χ3n) is 2.50. The number of hydrogen-bond acceptors (Lipinski definition) is 4. The number of methoxy groups -OCH3 is 2. The van der Waals surface area contributed by atoms with E-state index in [1.54, 1.807) is 19.2 Å². The van der Waals surface area contributed by atoms with Gasteiger partial charge in [0.25, 0.3) is 0 Å². The molecule has 0 N–H and O–H groups in total. The van der Waals surface area contributed by atoms with Crippen molar-refractivity contribution in [3.05, 3.63) is 35.4 Å². The van der Waals surface area contributed by atoms with Gasteiger partial charge >= 0.3 is 5.97 Å². The fraction of sp³-hybridized carbons (Fsp3) is 0.462. The van der Waals surface area contributed by atoms with E-state index in [4.69, 9.17) is 4.74 Å². The number of likely N-dealkylation sites (N-methyl/N-ethyl adjacent to an activating group) is 1. The van der Waals surface area contributed by atoms with Crippen molar-refractivity contribution >= 4 is 5.97 Å². The molecular formula is C13H19NO3. The Kier molecular flexibility index (Phi) is 5.66. The molecular weight excluding hydrogens is 218 g/mol. The summed E-state index contributed by atoms with van der Waals surface area (Å²) >= 11 is 0. The van der Waals surface area contributed by atoms with Gasteiger partial charge in [0, 0.05) is 20.2 Å². The normalized spacial score (nSPS) is 10.6. The van der Waals surface area contributed by atoms with E-state index in [0.717, 1.165) is 25.3 Å². The van der Waals surface area contributed by atoms with Crippen molar-refractivity contribution in [1.82, 2.24) is 4.90 Å². The number of nitrogens with zero attached hydrogens (tertiary/aromatic N) is 1. The van der Waals surface area contributed by atoms with Crippen LogP contribution < -0.4 is 0 Å². The van der Waals surface area contributed by atoms with Crippen molar-refractivity contribution in [3.8, 4) is 0 Å². The summed E-state index contributed by atoms with van der Waals surface area (Å²) in [7, 11) is 5.11. The van der Waals surface area contributed by atoms with Crippen LogP contribution in [0.1, 0.15) is 15.9 Å². The minimum atomic E-state index is -0.302. The van der Waals surface area contributed by atoms with Crippen molar-refractivity contribution in [2.24, 2.45) is 0 Å². The van der Waals surface area contributed by atoms with Gasteiger partial charge in [0.15, 0.2) is 0 Å². The van der Waals surface area contributed by atoms with Crippen LogP contribution >= 0.6 is 0 Å². The van der Waals surface area contributed by atoms with Crippen LogP contribution in [-0.2, 0) is 16.0 Å². The Balaban J connectivity index is 2.53. The van der Waals surface area contributed by atoms with Crippen LogP contribution in [0.2, 0.25) is 0 Å². The van der Waals surface area contributed by atoms with Gasteiger partial charge in [-0.05, 0) is 24.7 Å². The predicted molar refractivity (Wildman–Crippen MR) is 66.0 cm³/mol. The lowest BCUT2D eigenvalue weighted by atomic mass is 10.1. The highest BCUT2D eigenvalue weighted by molar-refractivity contribution is 5.89. The largest absolute Gasteiger partial charge is 0.465 e. The Hall–Kier alpha value is -1.39. The fourth-order valence-corrected chi connectivity index (χ4v) is 1.50. The number of hydrogen-bond donors (Lipinski definition) is 0. The lowest BCUT2D eigenvalue weighted by Crippen LogP contribution is -2.22. The molecule has 0 aliphatic carbocycles. The van der Waals surface area contributed by atoms with Crippen LogP contribution in [0.15, 0.2) is 24.3 Å². The summed E-state index contributed by atoms with van der Waals surface area (Å²) in [6.07, 6.45) is 0. The number of ether oxygens (including phenoxy) is 2. The Morgan fingerprint density at radius 1 is 1.24 bits per heavy atom. The fourth-order valence-electron chi connectivity index (χ4n) is 1.50. The molecule has 0 saturated heterocycles. The van der Waals surface area contributed by atoms with Crippen molar-refractivity contribution in [2.45, 2.75) is 6.54 Å². The number of carbonyl (C=O) groups is 1. The van der Waals surface area contributed by atoms with Gasteiger partial charge in [-0.15, -0.1) is 0 Å². The lowest BCUT2D eigenvalue weighted by molar-refractivity contribution is 0.0600. The second-order valence-corrected chi connectivity index (χ2v) is 3.92. The van der Waals surface area contributed by atoms with E-state index in [9.17, 15) is 4.79 Å². The molecule has 0 spiro atoms. The van der Waals surface area contributed by atoms with E-state index < -0.39 is 0 Å². The van der Waals surface area contributed by atoms with E-state index in [1.807, 2.05) is 19.2 Å². The molecule has 0 aliphatic heterocycles. The maximum Gasteiger partial charge on any atom is 0.337 e. The first kappa shape index (κ1) is 13.7. The summed E-state index contributed by atoms with van der Waals surface area (Å²) < 4.78 is 9.66. The topological polar surface area (TPSA) is 38.8 Å². The molecule has 0 aromatic heterocycles. The summed E-state index contributed by atoms with van der Waals surface area (Å²) in [4.78, 5) is 13.4. The first-order chi connectivity index (χ1) is 8.17. The van der Waals surface area contributed by atoms with Crippen LogP contribution in [-0.4, -0.2) is 45.3 Å². The van der Waals surface area contributed by atoms with Gasteiger partial charge in [0.2, 0.25) is 0 Å². The number of esters is 1. The maximum atomic E-state index is 11.2. The van der Waals surface area contributed by atoms with Gasteiger partial charge in [0.1, 0.15) is 0 Å². The van der Waals surface area contributed by atoms with Crippen LogP contribution in [0.25, 0.3) is 0 Å². The molecule has 1 aromatic carbocycles. The monoisotopic (exact) mass is 237 g/mol. The zero-order chi connectivity index (χ0) is 12.7. The third kappa shape index (κ3) is 4.54. The van der Waals surface area contributed by atoms with E-state index in [2.05, 4.69) is 9.64 Å². The predicted octanol–water partition coefficient (Wildman–Crippen LogP) is 1.55. The smallest absolute Gasteiger partial charge is 0.337 e. The molecule has 0 atom stereocenters. The lowest BCUT2D eigenvalue weighted by Gasteiger charge is -2.16. The highest BCUT2D eigenvalue weighted by Gasteiger charge is 2.05. The zero-order valence-electron chi connectivity index (χ0n) is 10.6. The molecule has 4 heteroatoms. The molecule has 0 bridgehead atoms. The van der Waals surface area contributed by atoms with E-state index in [1.165, 1.54) is 7.11 Å². The van der Waals surface area contributed by atoms with Crippen LogP contribution in [0, 0.1) is 0 Å². The number of rotatable bonds is 6. The molecule has 0 saturated carbocycles. The van der Waals surface area contributed by atoms with Gasteiger partial charge in [-0.25, -0.2) is 4.79 Å². The highest BCUT2D eigenvalue weighted by Crippen LogP contribution is 2.07. The van der Waals surface area contributed by atoms with Crippen LogP contribution in [0.5, 0.6) is 0 Å². The Labute approximate surface area is 102 Å². The molecule has 17 heavy (non-hydrogen) atoms. The van der Waals surface area contributed by atoms with Crippen molar-refractivity contribution in [3.63, 3.8) is 0 Å². The van der Waals surface area contributed by atoms with Gasteiger partial charge in [-0.1, -0.05) is 12.1 Å². The molecule has 0 unspecified atom stereocenters. The standard InChI is InChI=1S/C13H19NO3/c1-14(8-9-16-2)10-11-4-6-12(7-5-11)13(15)17-3/h4-7H,8-10H2,1-3H3. The Bertz CT molecular complexity index is 348. The molecule has 0 radical (unpaired) electrons. The molecule has 0 heterocycles. The summed E-state index contributed by atoms with van der Waals surface area (Å²) in [5, 5.41) is 0. The first-order valence-electron chi connectivity index (χ1n) is 5.52. The summed E-state index contributed by atoms with van der Waals surface area (Å²) in [5.41, 5.74) is 1.74. The quantitative estimate of drug-likeness (QED) is 0.704. The van der Waals surface area contributed by atoms with Gasteiger partial charge < -0.3 is 9.47 Å². The minimum absolute atomic E-state index is 0.302. The molecule has 0 fully saturated rings. The summed E-state index contributed by atoms with van der Waals surface area (Å²) in [5.74, 6) is -0.302. The Morgan fingerprint density at radius 3 is 2.41 bits per heavy atom.